The van der Waals surface area contributed by atoms with Crippen LogP contribution in [0.2, 0.25) is 0 Å². The van der Waals surface area contributed by atoms with Gasteiger partial charge in [0.15, 0.2) is 0 Å². The number of amides is 2. The lowest BCUT2D eigenvalue weighted by atomic mass is 10.0. The Morgan fingerprint density at radius 1 is 1.39 bits per heavy atom. The van der Waals surface area contributed by atoms with E-state index >= 15 is 0 Å². The SMILES string of the molecule is CC(C)(CC(=O)O)NC(=O)N(CCO)CC(F)F. The lowest BCUT2D eigenvalue weighted by Gasteiger charge is -2.29. The Kier molecular flexibility index (Phi) is 6.53. The van der Waals surface area contributed by atoms with Crippen molar-refractivity contribution in [2.24, 2.45) is 0 Å². The van der Waals surface area contributed by atoms with Crippen LogP contribution in [0.25, 0.3) is 0 Å². The zero-order valence-corrected chi connectivity index (χ0v) is 10.3. The molecule has 3 N–H and O–H groups in total. The first-order chi connectivity index (χ1) is 8.18. The molecule has 0 rings (SSSR count). The second-order valence-corrected chi connectivity index (χ2v) is 4.45. The molecule has 0 unspecified atom stereocenters. The number of carbonyl (C=O) groups excluding carboxylic acids is 1. The van der Waals surface area contributed by atoms with Crippen molar-refractivity contribution < 1.29 is 28.6 Å². The number of rotatable bonds is 7. The fourth-order valence-electron chi connectivity index (χ4n) is 1.35. The van der Waals surface area contributed by atoms with Gasteiger partial charge in [0.1, 0.15) is 0 Å². The fourth-order valence-corrected chi connectivity index (χ4v) is 1.35. The Morgan fingerprint density at radius 2 is 1.94 bits per heavy atom. The number of hydrogen-bond donors (Lipinski definition) is 3. The third kappa shape index (κ3) is 7.00. The molecule has 0 aromatic heterocycles. The second kappa shape index (κ2) is 7.10. The molecule has 0 aromatic carbocycles. The van der Waals surface area contributed by atoms with Gasteiger partial charge < -0.3 is 20.4 Å². The second-order valence-electron chi connectivity index (χ2n) is 4.45. The van der Waals surface area contributed by atoms with Crippen LogP contribution in [0.4, 0.5) is 13.6 Å². The Bertz CT molecular complexity index is 298. The summed E-state index contributed by atoms with van der Waals surface area (Å²) in [6, 6.07) is -0.824. The van der Waals surface area contributed by atoms with Crippen LogP contribution in [-0.4, -0.2) is 58.8 Å². The van der Waals surface area contributed by atoms with Crippen molar-refractivity contribution in [3.05, 3.63) is 0 Å². The van der Waals surface area contributed by atoms with Gasteiger partial charge >= 0.3 is 12.0 Å². The van der Waals surface area contributed by atoms with Gasteiger partial charge in [-0.05, 0) is 13.8 Å². The van der Waals surface area contributed by atoms with Crippen LogP contribution in [0.1, 0.15) is 20.3 Å². The maximum atomic E-state index is 12.2. The lowest BCUT2D eigenvalue weighted by molar-refractivity contribution is -0.138. The van der Waals surface area contributed by atoms with Crippen molar-refractivity contribution >= 4 is 12.0 Å². The van der Waals surface area contributed by atoms with Crippen LogP contribution in [0.3, 0.4) is 0 Å². The third-order valence-electron chi connectivity index (χ3n) is 2.05. The largest absolute Gasteiger partial charge is 0.481 e. The van der Waals surface area contributed by atoms with Crippen molar-refractivity contribution in [2.75, 3.05) is 19.7 Å². The quantitative estimate of drug-likeness (QED) is 0.627. The van der Waals surface area contributed by atoms with Crippen molar-refractivity contribution in [3.63, 3.8) is 0 Å². The highest BCUT2D eigenvalue weighted by Crippen LogP contribution is 2.09. The maximum Gasteiger partial charge on any atom is 0.318 e. The minimum atomic E-state index is -2.72. The molecule has 0 aliphatic heterocycles. The van der Waals surface area contributed by atoms with E-state index in [1.807, 2.05) is 0 Å². The van der Waals surface area contributed by atoms with E-state index in [0.717, 1.165) is 4.90 Å². The Hall–Kier alpha value is -1.44. The number of nitrogens with one attached hydrogen (secondary N) is 1. The molecule has 18 heavy (non-hydrogen) atoms. The molecule has 0 saturated carbocycles. The number of carbonyl (C=O) groups is 2. The summed E-state index contributed by atoms with van der Waals surface area (Å²) >= 11 is 0. The number of alkyl halides is 2. The summed E-state index contributed by atoms with van der Waals surface area (Å²) in [7, 11) is 0. The van der Waals surface area contributed by atoms with E-state index in [-0.39, 0.29) is 13.0 Å². The monoisotopic (exact) mass is 268 g/mol. The summed E-state index contributed by atoms with van der Waals surface area (Å²) in [5.41, 5.74) is -1.06. The predicted octanol–water partition coefficient (Wildman–Crippen LogP) is 0.509. The Morgan fingerprint density at radius 3 is 2.33 bits per heavy atom. The van der Waals surface area contributed by atoms with Gasteiger partial charge in [0.05, 0.1) is 19.6 Å². The van der Waals surface area contributed by atoms with Crippen molar-refractivity contribution in [1.82, 2.24) is 10.2 Å². The molecular formula is C10H18F2N2O4. The van der Waals surface area contributed by atoms with Crippen LogP contribution in [0, 0.1) is 0 Å². The average molecular weight is 268 g/mol. The Balaban J connectivity index is 4.53. The van der Waals surface area contributed by atoms with Gasteiger partial charge in [0.25, 0.3) is 6.43 Å². The summed E-state index contributed by atoms with van der Waals surface area (Å²) in [4.78, 5) is 22.9. The molecule has 0 heterocycles. The van der Waals surface area contributed by atoms with E-state index in [0.29, 0.717) is 0 Å². The number of hydrogen-bond acceptors (Lipinski definition) is 3. The molecule has 0 atom stereocenters. The van der Waals surface area contributed by atoms with Crippen LogP contribution < -0.4 is 5.32 Å². The van der Waals surface area contributed by atoms with Crippen molar-refractivity contribution in [3.8, 4) is 0 Å². The number of aliphatic hydroxyl groups is 1. The van der Waals surface area contributed by atoms with Crippen LogP contribution in [0.15, 0.2) is 0 Å². The first-order valence-electron chi connectivity index (χ1n) is 5.36. The summed E-state index contributed by atoms with van der Waals surface area (Å²) in [5, 5.41) is 19.6. The molecule has 106 valence electrons. The van der Waals surface area contributed by atoms with Gasteiger partial charge in [-0.25, -0.2) is 13.6 Å². The molecule has 0 radical (unpaired) electrons. The van der Waals surface area contributed by atoms with Crippen LogP contribution in [-0.2, 0) is 4.79 Å². The minimum absolute atomic E-state index is 0.237. The van der Waals surface area contributed by atoms with E-state index in [2.05, 4.69) is 5.32 Å². The standard InChI is InChI=1S/C10H18F2N2O4/c1-10(2,5-8(16)17)13-9(18)14(3-4-15)6-7(11)12/h7,15H,3-6H2,1-2H3,(H,13,18)(H,16,17). The topological polar surface area (TPSA) is 89.9 Å². The summed E-state index contributed by atoms with van der Waals surface area (Å²) in [6.07, 6.45) is -3.05. The van der Waals surface area contributed by atoms with Gasteiger partial charge in [-0.3, -0.25) is 4.79 Å². The van der Waals surface area contributed by atoms with E-state index in [4.69, 9.17) is 10.2 Å². The molecule has 0 spiro atoms. The van der Waals surface area contributed by atoms with Crippen LogP contribution in [0.5, 0.6) is 0 Å². The number of aliphatic hydroxyl groups excluding tert-OH is 1. The van der Waals surface area contributed by atoms with Gasteiger partial charge in [0.2, 0.25) is 0 Å². The number of aliphatic carboxylic acids is 1. The third-order valence-corrected chi connectivity index (χ3v) is 2.05. The summed E-state index contributed by atoms with van der Waals surface area (Å²) in [6.45, 7) is 1.45. The van der Waals surface area contributed by atoms with E-state index in [1.54, 1.807) is 0 Å². The molecule has 0 fully saturated rings. The van der Waals surface area contributed by atoms with Gasteiger partial charge in [0, 0.05) is 12.1 Å². The van der Waals surface area contributed by atoms with Crippen LogP contribution >= 0.6 is 0 Å². The molecule has 0 aliphatic rings. The van der Waals surface area contributed by atoms with Crippen molar-refractivity contribution in [1.29, 1.82) is 0 Å². The number of urea groups is 1. The van der Waals surface area contributed by atoms with Gasteiger partial charge in [-0.1, -0.05) is 0 Å². The number of carboxylic acid groups (broad SMARTS) is 1. The summed E-state index contributed by atoms with van der Waals surface area (Å²) < 4.78 is 24.4. The highest BCUT2D eigenvalue weighted by atomic mass is 19.3. The van der Waals surface area contributed by atoms with E-state index < -0.39 is 37.1 Å². The molecule has 6 nitrogen and oxygen atoms in total. The molecule has 0 aromatic rings. The summed E-state index contributed by atoms with van der Waals surface area (Å²) in [5.74, 6) is -1.11. The van der Waals surface area contributed by atoms with Crippen molar-refractivity contribution in [2.45, 2.75) is 32.2 Å². The van der Waals surface area contributed by atoms with Gasteiger partial charge in [-0.2, -0.15) is 0 Å². The van der Waals surface area contributed by atoms with Gasteiger partial charge in [-0.15, -0.1) is 0 Å². The number of carboxylic acids is 1. The molecule has 0 aliphatic carbocycles. The number of halogens is 2. The number of nitrogens with zero attached hydrogens (tertiary/aromatic N) is 1. The molecule has 0 bridgehead atoms. The molecule has 0 saturated heterocycles. The first kappa shape index (κ1) is 16.6. The smallest absolute Gasteiger partial charge is 0.318 e. The predicted molar refractivity (Wildman–Crippen MR) is 59.5 cm³/mol. The zero-order chi connectivity index (χ0) is 14.3. The Labute approximate surface area is 104 Å². The zero-order valence-electron chi connectivity index (χ0n) is 10.3. The molecule has 2 amide bonds. The highest BCUT2D eigenvalue weighted by Gasteiger charge is 2.27. The first-order valence-corrected chi connectivity index (χ1v) is 5.36. The molecule has 8 heteroatoms. The van der Waals surface area contributed by atoms with E-state index in [9.17, 15) is 18.4 Å². The fraction of sp³-hybridized carbons (Fsp3) is 0.800. The normalized spacial score (nSPS) is 11.4. The lowest BCUT2D eigenvalue weighted by Crippen LogP contribution is -2.52. The maximum absolute atomic E-state index is 12.2. The van der Waals surface area contributed by atoms with E-state index in [1.165, 1.54) is 13.8 Å². The minimum Gasteiger partial charge on any atom is -0.481 e. The average Bonchev–Trinajstić information content (AvgIpc) is 2.12. The molecular weight excluding hydrogens is 250 g/mol. The highest BCUT2D eigenvalue weighted by molar-refractivity contribution is 5.76.